The molecule has 0 bridgehead atoms. The third kappa shape index (κ3) is 3.68. The molecule has 0 saturated heterocycles. The van der Waals surface area contributed by atoms with Gasteiger partial charge in [0.25, 0.3) is 5.76 Å². The molecule has 1 aromatic carbocycles. The number of alkyl halides is 2. The lowest BCUT2D eigenvalue weighted by Crippen LogP contribution is -1.94. The molecule has 0 radical (unpaired) electrons. The Morgan fingerprint density at radius 2 is 2.00 bits per heavy atom. The normalized spacial score (nSPS) is 10.7. The van der Waals surface area contributed by atoms with E-state index in [1.54, 1.807) is 36.7 Å². The van der Waals surface area contributed by atoms with Crippen LogP contribution in [0.1, 0.15) is 0 Å². The first kappa shape index (κ1) is 13.3. The summed E-state index contributed by atoms with van der Waals surface area (Å²) in [5.41, 5.74) is 1.38. The summed E-state index contributed by atoms with van der Waals surface area (Å²) in [5.74, 6) is -2.44. The summed E-state index contributed by atoms with van der Waals surface area (Å²) in [6.45, 7) is 0. The highest BCUT2D eigenvalue weighted by Crippen LogP contribution is 2.33. The van der Waals surface area contributed by atoms with Crippen molar-refractivity contribution in [3.05, 3.63) is 47.2 Å². The number of halogens is 3. The molecule has 94 valence electrons. The molecule has 2 rings (SSSR count). The lowest BCUT2D eigenvalue weighted by Gasteiger charge is -2.11. The molecule has 0 amide bonds. The fourth-order valence-corrected chi connectivity index (χ4v) is 2.36. The minimum atomic E-state index is -2.44. The zero-order chi connectivity index (χ0) is 13.0. The summed E-state index contributed by atoms with van der Waals surface area (Å²) >= 11 is 3.83. The molecule has 0 atom stereocenters. The SMILES string of the molecule is FC(F)Sc1ccccc1Nc1cncc(Br)c1. The van der Waals surface area contributed by atoms with E-state index in [2.05, 4.69) is 26.2 Å². The van der Waals surface area contributed by atoms with E-state index in [4.69, 9.17) is 0 Å². The first-order valence-corrected chi connectivity index (χ1v) is 6.74. The second kappa shape index (κ2) is 6.15. The Balaban J connectivity index is 2.23. The number of para-hydroxylation sites is 1. The second-order valence-corrected chi connectivity index (χ2v) is 5.34. The van der Waals surface area contributed by atoms with Crippen molar-refractivity contribution in [3.63, 3.8) is 0 Å². The molecule has 1 N–H and O–H groups in total. The Hall–Kier alpha value is -1.14. The predicted octanol–water partition coefficient (Wildman–Crippen LogP) is 4.90. The maximum absolute atomic E-state index is 12.4. The molecule has 6 heteroatoms. The van der Waals surface area contributed by atoms with Gasteiger partial charge in [0.15, 0.2) is 0 Å². The van der Waals surface area contributed by atoms with Crippen molar-refractivity contribution in [2.75, 3.05) is 5.32 Å². The zero-order valence-electron chi connectivity index (χ0n) is 9.11. The number of benzene rings is 1. The molecule has 0 spiro atoms. The van der Waals surface area contributed by atoms with Gasteiger partial charge in [0.05, 0.1) is 17.6 Å². The zero-order valence-corrected chi connectivity index (χ0v) is 11.5. The van der Waals surface area contributed by atoms with Crippen LogP contribution in [0.3, 0.4) is 0 Å². The van der Waals surface area contributed by atoms with Crippen molar-refractivity contribution in [3.8, 4) is 0 Å². The highest BCUT2D eigenvalue weighted by atomic mass is 79.9. The minimum absolute atomic E-state index is 0.507. The molecule has 2 aromatic rings. The van der Waals surface area contributed by atoms with Crippen LogP contribution in [0.25, 0.3) is 0 Å². The number of hydrogen-bond acceptors (Lipinski definition) is 3. The van der Waals surface area contributed by atoms with Gasteiger partial charge >= 0.3 is 0 Å². The van der Waals surface area contributed by atoms with E-state index in [9.17, 15) is 8.78 Å². The molecule has 0 unspecified atom stereocenters. The Bertz CT molecular complexity index is 537. The maximum atomic E-state index is 12.4. The largest absolute Gasteiger partial charge is 0.353 e. The van der Waals surface area contributed by atoms with Crippen LogP contribution in [-0.4, -0.2) is 10.7 Å². The molecule has 1 heterocycles. The summed E-state index contributed by atoms with van der Waals surface area (Å²) in [4.78, 5) is 4.51. The van der Waals surface area contributed by atoms with Gasteiger partial charge in [-0.2, -0.15) is 8.78 Å². The molecule has 18 heavy (non-hydrogen) atoms. The third-order valence-corrected chi connectivity index (χ3v) is 3.31. The van der Waals surface area contributed by atoms with Gasteiger partial charge in [-0.15, -0.1) is 0 Å². The molecule has 1 aromatic heterocycles. The van der Waals surface area contributed by atoms with Crippen LogP contribution < -0.4 is 5.32 Å². The molecule has 0 fully saturated rings. The summed E-state index contributed by atoms with van der Waals surface area (Å²) in [6, 6.07) is 8.77. The van der Waals surface area contributed by atoms with E-state index in [-0.39, 0.29) is 0 Å². The van der Waals surface area contributed by atoms with Gasteiger partial charge in [0.1, 0.15) is 0 Å². The Labute approximate surface area is 116 Å². The summed E-state index contributed by atoms with van der Waals surface area (Å²) in [6.07, 6.45) is 3.29. The number of anilines is 2. The Morgan fingerprint density at radius 1 is 1.22 bits per heavy atom. The third-order valence-electron chi connectivity index (χ3n) is 2.09. The van der Waals surface area contributed by atoms with Crippen LogP contribution in [0.2, 0.25) is 0 Å². The van der Waals surface area contributed by atoms with E-state index < -0.39 is 5.76 Å². The molecule has 0 saturated carbocycles. The lowest BCUT2D eigenvalue weighted by molar-refractivity contribution is 0.252. The molecular weight excluding hydrogens is 322 g/mol. The van der Waals surface area contributed by atoms with Crippen molar-refractivity contribution >= 4 is 39.1 Å². The van der Waals surface area contributed by atoms with Gasteiger partial charge < -0.3 is 5.32 Å². The number of thioether (sulfide) groups is 1. The van der Waals surface area contributed by atoms with Crippen LogP contribution in [-0.2, 0) is 0 Å². The van der Waals surface area contributed by atoms with Crippen LogP contribution in [0.5, 0.6) is 0 Å². The van der Waals surface area contributed by atoms with Crippen LogP contribution in [0.4, 0.5) is 20.2 Å². The quantitative estimate of drug-likeness (QED) is 0.807. The van der Waals surface area contributed by atoms with Gasteiger partial charge in [-0.1, -0.05) is 23.9 Å². The second-order valence-electron chi connectivity index (χ2n) is 3.39. The standard InChI is InChI=1S/C12H9BrF2N2S/c13-8-5-9(7-16-6-8)17-10-3-1-2-4-11(10)18-12(14)15/h1-7,12,17H. The van der Waals surface area contributed by atoms with Crippen LogP contribution in [0, 0.1) is 0 Å². The van der Waals surface area contributed by atoms with Gasteiger partial charge in [-0.3, -0.25) is 4.98 Å². The van der Waals surface area contributed by atoms with Crippen molar-refractivity contribution in [2.45, 2.75) is 10.7 Å². The molecular formula is C12H9BrF2N2S. The highest BCUT2D eigenvalue weighted by Gasteiger charge is 2.09. The van der Waals surface area contributed by atoms with Crippen molar-refractivity contribution in [2.24, 2.45) is 0 Å². The average molecular weight is 331 g/mol. The first-order chi connectivity index (χ1) is 8.65. The summed E-state index contributed by atoms with van der Waals surface area (Å²) < 4.78 is 25.7. The fourth-order valence-electron chi connectivity index (χ4n) is 1.40. The van der Waals surface area contributed by atoms with E-state index in [1.807, 2.05) is 6.07 Å². The average Bonchev–Trinajstić information content (AvgIpc) is 2.31. The molecule has 0 aliphatic carbocycles. The van der Waals surface area contributed by atoms with Gasteiger partial charge in [0.2, 0.25) is 0 Å². The fraction of sp³-hybridized carbons (Fsp3) is 0.0833. The van der Waals surface area contributed by atoms with E-state index in [1.165, 1.54) is 0 Å². The number of nitrogens with zero attached hydrogens (tertiary/aromatic N) is 1. The van der Waals surface area contributed by atoms with Crippen molar-refractivity contribution < 1.29 is 8.78 Å². The van der Waals surface area contributed by atoms with Crippen molar-refractivity contribution in [1.82, 2.24) is 4.98 Å². The molecule has 0 aliphatic rings. The maximum Gasteiger partial charge on any atom is 0.288 e. The smallest absolute Gasteiger partial charge is 0.288 e. The number of nitrogens with one attached hydrogen (secondary N) is 1. The number of rotatable bonds is 4. The number of pyridine rings is 1. The predicted molar refractivity (Wildman–Crippen MR) is 73.5 cm³/mol. The lowest BCUT2D eigenvalue weighted by atomic mass is 10.3. The summed E-state index contributed by atoms with van der Waals surface area (Å²) in [5, 5.41) is 3.07. The monoisotopic (exact) mass is 330 g/mol. The van der Waals surface area contributed by atoms with Gasteiger partial charge in [-0.25, -0.2) is 0 Å². The Morgan fingerprint density at radius 3 is 2.72 bits per heavy atom. The number of aromatic nitrogens is 1. The van der Waals surface area contributed by atoms with Crippen LogP contribution in [0.15, 0.2) is 52.1 Å². The highest BCUT2D eigenvalue weighted by molar-refractivity contribution is 9.10. The number of hydrogen-bond donors (Lipinski definition) is 1. The van der Waals surface area contributed by atoms with Crippen molar-refractivity contribution in [1.29, 1.82) is 0 Å². The van der Waals surface area contributed by atoms with Gasteiger partial charge in [0, 0.05) is 15.6 Å². The summed E-state index contributed by atoms with van der Waals surface area (Å²) in [7, 11) is 0. The molecule has 0 aliphatic heterocycles. The van der Waals surface area contributed by atoms with Crippen LogP contribution >= 0.6 is 27.7 Å². The minimum Gasteiger partial charge on any atom is -0.353 e. The van der Waals surface area contributed by atoms with Gasteiger partial charge in [-0.05, 0) is 34.1 Å². The molecule has 2 nitrogen and oxygen atoms in total. The Kier molecular flexibility index (Phi) is 4.54. The van der Waals surface area contributed by atoms with E-state index in [0.29, 0.717) is 22.3 Å². The topological polar surface area (TPSA) is 24.9 Å². The van der Waals surface area contributed by atoms with E-state index in [0.717, 1.165) is 10.2 Å². The first-order valence-electron chi connectivity index (χ1n) is 5.06. The van der Waals surface area contributed by atoms with E-state index >= 15 is 0 Å².